The number of furan rings is 1. The normalized spacial score (nSPS) is 10.9. The number of carbonyl (C=O) groups excluding carboxylic acids is 1. The van der Waals surface area contributed by atoms with E-state index in [1.807, 2.05) is 30.3 Å². The molecule has 1 amide bonds. The predicted molar refractivity (Wildman–Crippen MR) is 100.0 cm³/mol. The van der Waals surface area contributed by atoms with Gasteiger partial charge in [-0.05, 0) is 31.2 Å². The van der Waals surface area contributed by atoms with Crippen molar-refractivity contribution in [3.63, 3.8) is 0 Å². The molecule has 2 N–H and O–H groups in total. The number of benzene rings is 1. The maximum Gasteiger partial charge on any atom is 0.295 e. The first-order valence-electron chi connectivity index (χ1n) is 8.31. The fraction of sp³-hybridized carbons (Fsp3) is 0.105. The van der Waals surface area contributed by atoms with Crippen molar-refractivity contribution in [1.29, 1.82) is 0 Å². The monoisotopic (exact) mass is 363 g/mol. The Hall–Kier alpha value is -3.81. The molecule has 27 heavy (non-hydrogen) atoms. The van der Waals surface area contributed by atoms with Crippen molar-refractivity contribution in [2.45, 2.75) is 6.92 Å². The molecule has 3 heterocycles. The molecule has 0 saturated carbocycles. The highest BCUT2D eigenvalue weighted by Gasteiger charge is 2.20. The molecule has 0 aliphatic rings. The van der Waals surface area contributed by atoms with Gasteiger partial charge in [0.15, 0.2) is 11.5 Å². The van der Waals surface area contributed by atoms with Gasteiger partial charge in [-0.15, -0.1) is 0 Å². The van der Waals surface area contributed by atoms with Crippen LogP contribution in [-0.2, 0) is 7.05 Å². The molecule has 3 aromatic heterocycles. The minimum Gasteiger partial charge on any atom is -0.463 e. The highest BCUT2D eigenvalue weighted by Crippen LogP contribution is 2.19. The molecule has 0 unspecified atom stereocenters. The molecule has 0 fully saturated rings. The number of rotatable bonds is 4. The molecule has 8 nitrogen and oxygen atoms in total. The van der Waals surface area contributed by atoms with Crippen molar-refractivity contribution >= 4 is 11.6 Å². The third-order valence-electron chi connectivity index (χ3n) is 4.39. The number of amides is 1. The molecule has 0 atom stereocenters. The maximum atomic E-state index is 12.9. The number of carbonyl (C=O) groups is 1. The lowest BCUT2D eigenvalue weighted by Crippen LogP contribution is -2.23. The quantitative estimate of drug-likeness (QED) is 0.582. The average molecular weight is 363 g/mol. The van der Waals surface area contributed by atoms with Crippen LogP contribution in [0.1, 0.15) is 16.2 Å². The summed E-state index contributed by atoms with van der Waals surface area (Å²) in [6, 6.07) is 14.3. The van der Waals surface area contributed by atoms with Crippen LogP contribution in [0.5, 0.6) is 0 Å². The van der Waals surface area contributed by atoms with Gasteiger partial charge in [0.2, 0.25) is 0 Å². The van der Waals surface area contributed by atoms with Crippen LogP contribution in [-0.4, -0.2) is 25.5 Å². The second-order valence-corrected chi connectivity index (χ2v) is 6.03. The van der Waals surface area contributed by atoms with E-state index in [9.17, 15) is 9.59 Å². The number of hydrogen-bond donors (Lipinski definition) is 2. The Labute approximate surface area is 154 Å². The van der Waals surface area contributed by atoms with E-state index in [0.717, 1.165) is 0 Å². The zero-order valence-corrected chi connectivity index (χ0v) is 14.8. The van der Waals surface area contributed by atoms with Crippen molar-refractivity contribution in [3.8, 4) is 17.1 Å². The van der Waals surface area contributed by atoms with Gasteiger partial charge >= 0.3 is 0 Å². The molecule has 0 radical (unpaired) electrons. The standard InChI is InChI=1S/C19H17N5O3/c1-12-17(19(26)24(23(12)2)13-7-4-3-5-8-13)20-18(25)15-11-14(21-22-15)16-9-6-10-27-16/h3-11H,1-2H3,(H,20,25)(H,21,22). The first kappa shape index (κ1) is 16.6. The van der Waals surface area contributed by atoms with E-state index < -0.39 is 5.91 Å². The van der Waals surface area contributed by atoms with Gasteiger partial charge in [0.05, 0.1) is 17.6 Å². The highest BCUT2D eigenvalue weighted by atomic mass is 16.3. The van der Waals surface area contributed by atoms with E-state index in [1.54, 1.807) is 36.9 Å². The van der Waals surface area contributed by atoms with Crippen LogP contribution in [0.4, 0.5) is 5.69 Å². The lowest BCUT2D eigenvalue weighted by atomic mass is 10.3. The van der Waals surface area contributed by atoms with E-state index in [2.05, 4.69) is 15.5 Å². The fourth-order valence-corrected chi connectivity index (χ4v) is 2.89. The van der Waals surface area contributed by atoms with Crippen LogP contribution in [0.2, 0.25) is 0 Å². The summed E-state index contributed by atoms with van der Waals surface area (Å²) in [6.07, 6.45) is 1.54. The molecule has 4 rings (SSSR count). The number of nitrogens with one attached hydrogen (secondary N) is 2. The summed E-state index contributed by atoms with van der Waals surface area (Å²) in [5.41, 5.74) is 2.00. The van der Waals surface area contributed by atoms with Crippen molar-refractivity contribution in [1.82, 2.24) is 19.6 Å². The predicted octanol–water partition coefficient (Wildman–Crippen LogP) is 2.72. The van der Waals surface area contributed by atoms with Crippen LogP contribution in [0.25, 0.3) is 17.1 Å². The molecule has 1 aromatic carbocycles. The minimum absolute atomic E-state index is 0.162. The average Bonchev–Trinajstić information content (AvgIpc) is 3.40. The summed E-state index contributed by atoms with van der Waals surface area (Å²) < 4.78 is 8.48. The lowest BCUT2D eigenvalue weighted by Gasteiger charge is -2.07. The Morgan fingerprint density at radius 3 is 2.67 bits per heavy atom. The molecule has 0 bridgehead atoms. The summed E-state index contributed by atoms with van der Waals surface area (Å²) in [7, 11) is 1.77. The van der Waals surface area contributed by atoms with Gasteiger partial charge in [0.1, 0.15) is 11.4 Å². The number of hydrogen-bond acceptors (Lipinski definition) is 4. The SMILES string of the molecule is Cc1c(NC(=O)c2cc(-c3ccco3)[nH]n2)c(=O)n(-c2ccccc2)n1C. The molecule has 4 aromatic rings. The van der Waals surface area contributed by atoms with Crippen molar-refractivity contribution in [2.75, 3.05) is 5.32 Å². The summed E-state index contributed by atoms with van der Waals surface area (Å²) in [5.74, 6) is 0.0962. The van der Waals surface area contributed by atoms with Gasteiger partial charge < -0.3 is 9.73 Å². The van der Waals surface area contributed by atoms with E-state index in [1.165, 1.54) is 10.9 Å². The van der Waals surface area contributed by atoms with Crippen LogP contribution in [0.15, 0.2) is 64.0 Å². The van der Waals surface area contributed by atoms with Gasteiger partial charge in [-0.1, -0.05) is 18.2 Å². The number of H-pyrrole nitrogens is 1. The topological polar surface area (TPSA) is 97.9 Å². The first-order chi connectivity index (χ1) is 13.1. The molecular formula is C19H17N5O3. The van der Waals surface area contributed by atoms with Gasteiger partial charge in [-0.25, -0.2) is 4.68 Å². The van der Waals surface area contributed by atoms with Gasteiger partial charge in [0, 0.05) is 13.1 Å². The van der Waals surface area contributed by atoms with E-state index in [4.69, 9.17) is 4.42 Å². The zero-order valence-electron chi connectivity index (χ0n) is 14.8. The number of aromatic nitrogens is 4. The Morgan fingerprint density at radius 2 is 1.96 bits per heavy atom. The zero-order chi connectivity index (χ0) is 19.0. The van der Waals surface area contributed by atoms with Crippen LogP contribution in [0.3, 0.4) is 0 Å². The Morgan fingerprint density at radius 1 is 1.19 bits per heavy atom. The second kappa shape index (κ2) is 6.49. The van der Waals surface area contributed by atoms with Gasteiger partial charge in [-0.2, -0.15) is 5.10 Å². The molecule has 0 saturated heterocycles. The minimum atomic E-state index is -0.477. The molecule has 0 spiro atoms. The van der Waals surface area contributed by atoms with Crippen molar-refractivity contribution in [2.24, 2.45) is 7.05 Å². The number of anilines is 1. The number of para-hydroxylation sites is 1. The lowest BCUT2D eigenvalue weighted by molar-refractivity contribution is 0.102. The Bertz CT molecular complexity index is 1150. The molecule has 0 aliphatic carbocycles. The smallest absolute Gasteiger partial charge is 0.295 e. The molecule has 136 valence electrons. The largest absolute Gasteiger partial charge is 0.463 e. The summed E-state index contributed by atoms with van der Waals surface area (Å²) in [5, 5.41) is 9.43. The highest BCUT2D eigenvalue weighted by molar-refractivity contribution is 6.03. The summed E-state index contributed by atoms with van der Waals surface area (Å²) >= 11 is 0. The fourth-order valence-electron chi connectivity index (χ4n) is 2.89. The number of aromatic amines is 1. The third kappa shape index (κ3) is 2.86. The Kier molecular flexibility index (Phi) is 4.00. The summed E-state index contributed by atoms with van der Waals surface area (Å²) in [4.78, 5) is 25.4. The van der Waals surface area contributed by atoms with Crippen molar-refractivity contribution < 1.29 is 9.21 Å². The Balaban J connectivity index is 1.65. The van der Waals surface area contributed by atoms with Crippen molar-refractivity contribution in [3.05, 3.63) is 76.5 Å². The van der Waals surface area contributed by atoms with Gasteiger partial charge in [-0.3, -0.25) is 19.4 Å². The van der Waals surface area contributed by atoms with Crippen LogP contribution in [0, 0.1) is 6.92 Å². The van der Waals surface area contributed by atoms with Crippen LogP contribution >= 0.6 is 0 Å². The van der Waals surface area contributed by atoms with E-state index in [-0.39, 0.29) is 16.9 Å². The molecular weight excluding hydrogens is 346 g/mol. The number of nitrogens with zero attached hydrogens (tertiary/aromatic N) is 3. The third-order valence-corrected chi connectivity index (χ3v) is 4.39. The first-order valence-corrected chi connectivity index (χ1v) is 8.31. The van der Waals surface area contributed by atoms with E-state index in [0.29, 0.717) is 22.8 Å². The maximum absolute atomic E-state index is 12.9. The van der Waals surface area contributed by atoms with E-state index >= 15 is 0 Å². The molecule has 8 heteroatoms. The molecule has 0 aliphatic heterocycles. The van der Waals surface area contributed by atoms with Gasteiger partial charge in [0.25, 0.3) is 11.5 Å². The second-order valence-electron chi connectivity index (χ2n) is 6.03. The summed E-state index contributed by atoms with van der Waals surface area (Å²) in [6.45, 7) is 1.77. The van der Waals surface area contributed by atoms with Crippen LogP contribution < -0.4 is 10.9 Å².